The van der Waals surface area contributed by atoms with Crippen molar-refractivity contribution < 1.29 is 27.4 Å². The summed E-state index contributed by atoms with van der Waals surface area (Å²) in [5.41, 5.74) is 5.31. The lowest BCUT2D eigenvalue weighted by molar-refractivity contribution is -0.142. The number of anilines is 1. The zero-order valence-electron chi connectivity index (χ0n) is 12.0. The van der Waals surface area contributed by atoms with E-state index in [1.54, 1.807) is 0 Å². The molecule has 1 saturated heterocycles. The molecule has 0 aliphatic carbocycles. The first kappa shape index (κ1) is 17.7. The van der Waals surface area contributed by atoms with Crippen LogP contribution in [0.1, 0.15) is 5.69 Å². The van der Waals surface area contributed by atoms with E-state index in [2.05, 4.69) is 20.3 Å². The molecule has 13 heteroatoms. The maximum atomic E-state index is 12.3. The van der Waals surface area contributed by atoms with Gasteiger partial charge in [0.05, 0.1) is 0 Å². The van der Waals surface area contributed by atoms with Crippen LogP contribution in [0, 0.1) is 12.3 Å². The van der Waals surface area contributed by atoms with Crippen molar-refractivity contribution in [3.05, 3.63) is 11.1 Å². The minimum absolute atomic E-state index is 0.0892. The van der Waals surface area contributed by atoms with Crippen molar-refractivity contribution in [2.75, 3.05) is 12.8 Å². The topological polar surface area (TPSA) is 164 Å². The fourth-order valence-electron chi connectivity index (χ4n) is 1.93. The molecule has 24 heavy (non-hydrogen) atoms. The van der Waals surface area contributed by atoms with Gasteiger partial charge in [-0.05, 0) is 0 Å². The Morgan fingerprint density at radius 3 is 2.79 bits per heavy atom. The molecule has 2 rings (SSSR count). The van der Waals surface area contributed by atoms with Gasteiger partial charge in [0.25, 0.3) is 11.8 Å². The first-order chi connectivity index (χ1) is 11.2. The Kier molecular flexibility index (Phi) is 4.73. The van der Waals surface area contributed by atoms with E-state index in [1.807, 2.05) is 5.92 Å². The van der Waals surface area contributed by atoms with E-state index in [0.717, 1.165) is 11.3 Å². The van der Waals surface area contributed by atoms with Crippen LogP contribution in [-0.2, 0) is 24.7 Å². The van der Waals surface area contributed by atoms with Crippen molar-refractivity contribution in [3.8, 4) is 12.3 Å². The highest BCUT2D eigenvalue weighted by Gasteiger charge is 2.53. The molecule has 2 heterocycles. The van der Waals surface area contributed by atoms with E-state index in [9.17, 15) is 18.0 Å². The Balaban J connectivity index is 2.21. The maximum absolute atomic E-state index is 12.3. The third-order valence-electron chi connectivity index (χ3n) is 2.92. The summed E-state index contributed by atoms with van der Waals surface area (Å²) in [6, 6.07) is -2.71. The monoisotopic (exact) mass is 373 g/mol. The number of amides is 2. The van der Waals surface area contributed by atoms with Gasteiger partial charge in [0.1, 0.15) is 24.9 Å². The lowest BCUT2D eigenvalue weighted by Gasteiger charge is -2.41. The number of nitrogens with zero attached hydrogens (tertiary/aromatic N) is 3. The number of nitrogens with two attached hydrogens (primary N) is 1. The minimum Gasteiger partial charge on any atom is -0.398 e. The van der Waals surface area contributed by atoms with Gasteiger partial charge in [0, 0.05) is 5.38 Å². The Morgan fingerprint density at radius 2 is 2.33 bits per heavy atom. The predicted octanol–water partition coefficient (Wildman–Crippen LogP) is -1.79. The van der Waals surface area contributed by atoms with Gasteiger partial charge < -0.3 is 15.9 Å². The molecule has 0 saturated carbocycles. The third-order valence-corrected chi connectivity index (χ3v) is 4.50. The summed E-state index contributed by atoms with van der Waals surface area (Å²) in [5.74, 6) is 0.0461. The summed E-state index contributed by atoms with van der Waals surface area (Å²) >= 11 is 1.05. The van der Waals surface area contributed by atoms with Crippen molar-refractivity contribution in [1.82, 2.24) is 14.6 Å². The van der Waals surface area contributed by atoms with E-state index in [4.69, 9.17) is 16.7 Å². The lowest BCUT2D eigenvalue weighted by atomic mass is 9.99. The molecule has 2 amide bonds. The molecular formula is C11H11N5O6S2. The predicted molar refractivity (Wildman–Crippen MR) is 83.0 cm³/mol. The van der Waals surface area contributed by atoms with E-state index >= 15 is 0 Å². The van der Waals surface area contributed by atoms with E-state index in [0.29, 0.717) is 0 Å². The fraction of sp³-hybridized carbons (Fsp3) is 0.273. The average Bonchev–Trinajstić information content (AvgIpc) is 2.91. The summed E-state index contributed by atoms with van der Waals surface area (Å²) in [7, 11) is -3.62. The second kappa shape index (κ2) is 6.43. The smallest absolute Gasteiger partial charge is 0.363 e. The number of hydrogen-bond acceptors (Lipinski definition) is 9. The van der Waals surface area contributed by atoms with Gasteiger partial charge >= 0.3 is 10.3 Å². The molecular weight excluding hydrogens is 362 g/mol. The average molecular weight is 373 g/mol. The number of rotatable bonds is 5. The van der Waals surface area contributed by atoms with Gasteiger partial charge in [0.15, 0.2) is 10.8 Å². The molecule has 1 aliphatic heterocycles. The molecule has 1 aromatic rings. The number of thiazole rings is 1. The Bertz CT molecular complexity index is 855. The van der Waals surface area contributed by atoms with Crippen LogP contribution in [0.4, 0.5) is 5.13 Å². The van der Waals surface area contributed by atoms with Gasteiger partial charge in [-0.2, -0.15) is 12.7 Å². The van der Waals surface area contributed by atoms with Crippen LogP contribution in [0.5, 0.6) is 0 Å². The molecule has 4 N–H and O–H groups in total. The van der Waals surface area contributed by atoms with Crippen LogP contribution in [-0.4, -0.2) is 59.0 Å². The second-order valence-corrected chi connectivity index (χ2v) is 6.55. The number of β-lactam (4-membered cyclic amide) rings is 1. The maximum Gasteiger partial charge on any atom is 0.363 e. The molecule has 128 valence electrons. The number of carbonyl (C=O) groups is 2. The van der Waals surface area contributed by atoms with Crippen LogP contribution in [0.2, 0.25) is 0 Å². The zero-order chi connectivity index (χ0) is 18.1. The van der Waals surface area contributed by atoms with Crippen molar-refractivity contribution in [2.45, 2.75) is 12.1 Å². The second-order valence-electron chi connectivity index (χ2n) is 4.37. The molecule has 0 unspecified atom stereocenters. The van der Waals surface area contributed by atoms with Crippen LogP contribution in [0.3, 0.4) is 0 Å². The summed E-state index contributed by atoms with van der Waals surface area (Å²) in [6.07, 6.45) is 5.15. The summed E-state index contributed by atoms with van der Waals surface area (Å²) in [5, 5.41) is 7.36. The summed E-state index contributed by atoms with van der Waals surface area (Å²) < 4.78 is 31.2. The Hall–Kier alpha value is -2.69. The molecule has 0 aromatic carbocycles. The first-order valence-corrected chi connectivity index (χ1v) is 8.38. The molecule has 2 atom stereocenters. The van der Waals surface area contributed by atoms with Gasteiger partial charge in [-0.3, -0.25) is 14.1 Å². The molecule has 1 aromatic heterocycles. The number of hydrogen-bond donors (Lipinski definition) is 3. The van der Waals surface area contributed by atoms with Gasteiger partial charge in [-0.15, -0.1) is 17.8 Å². The lowest BCUT2D eigenvalue weighted by Crippen LogP contribution is -2.71. The van der Waals surface area contributed by atoms with Crippen LogP contribution >= 0.6 is 11.3 Å². The highest BCUT2D eigenvalue weighted by Crippen LogP contribution is 2.23. The zero-order valence-corrected chi connectivity index (χ0v) is 13.7. The largest absolute Gasteiger partial charge is 0.398 e. The Morgan fingerprint density at radius 1 is 1.67 bits per heavy atom. The normalized spacial score (nSPS) is 21.0. The molecule has 11 nitrogen and oxygen atoms in total. The molecule has 1 fully saturated rings. The van der Waals surface area contributed by atoms with E-state index in [1.165, 1.54) is 12.5 Å². The SMILES string of the molecule is C#C[C@@H]1[C@H](NC(=O)/C(=N/OC)c2csc(N)n2)C(=O)N1S(=O)(=O)O. The minimum atomic E-state index is -4.82. The Labute approximate surface area is 140 Å². The standard InChI is InChI=1S/C11H11N5O6S2/c1-3-6-8(10(18)16(6)24(19,20)21)14-9(17)7(15-22-2)5-4-23-11(12)13-5/h1,4,6,8H,2H3,(H2,12,13)(H,14,17)(H,19,20,21)/b15-7+/t6-,8+/m1/s1. The van der Waals surface area contributed by atoms with E-state index < -0.39 is 34.2 Å². The number of carbonyl (C=O) groups excluding carboxylic acids is 2. The number of aromatic nitrogens is 1. The third kappa shape index (κ3) is 3.15. The van der Waals surface area contributed by atoms with Crippen LogP contribution < -0.4 is 11.1 Å². The highest BCUT2D eigenvalue weighted by atomic mass is 32.2. The van der Waals surface area contributed by atoms with E-state index in [-0.39, 0.29) is 20.8 Å². The molecule has 0 bridgehead atoms. The molecule has 0 spiro atoms. The van der Waals surface area contributed by atoms with Crippen LogP contribution in [0.15, 0.2) is 10.5 Å². The summed E-state index contributed by atoms with van der Waals surface area (Å²) in [4.78, 5) is 32.5. The fourth-order valence-corrected chi connectivity index (χ4v) is 3.28. The number of nitrogens with one attached hydrogen (secondary N) is 1. The van der Waals surface area contributed by atoms with Gasteiger partial charge in [-0.25, -0.2) is 4.98 Å². The van der Waals surface area contributed by atoms with Gasteiger partial charge in [0.2, 0.25) is 0 Å². The quantitative estimate of drug-likeness (QED) is 0.179. The molecule has 0 radical (unpaired) electrons. The van der Waals surface area contributed by atoms with Crippen molar-refractivity contribution in [2.24, 2.45) is 5.16 Å². The van der Waals surface area contributed by atoms with Crippen molar-refractivity contribution in [1.29, 1.82) is 0 Å². The van der Waals surface area contributed by atoms with Crippen molar-refractivity contribution >= 4 is 44.3 Å². The number of oxime groups is 1. The van der Waals surface area contributed by atoms with Gasteiger partial charge in [-0.1, -0.05) is 11.1 Å². The van der Waals surface area contributed by atoms with Crippen LogP contribution in [0.25, 0.3) is 0 Å². The first-order valence-electron chi connectivity index (χ1n) is 6.11. The van der Waals surface area contributed by atoms with Crippen molar-refractivity contribution in [3.63, 3.8) is 0 Å². The number of nitrogen functional groups attached to an aromatic ring is 1. The summed E-state index contributed by atoms with van der Waals surface area (Å²) in [6.45, 7) is 0. The highest BCUT2D eigenvalue weighted by molar-refractivity contribution is 7.84. The molecule has 1 aliphatic rings. The number of terminal acetylenes is 1.